The summed E-state index contributed by atoms with van der Waals surface area (Å²) in [5, 5.41) is 15.9. The van der Waals surface area contributed by atoms with E-state index in [1.54, 1.807) is 6.92 Å². The van der Waals surface area contributed by atoms with Crippen molar-refractivity contribution >= 4 is 34.5 Å². The fraction of sp³-hybridized carbons (Fsp3) is 0.182. The van der Waals surface area contributed by atoms with Crippen molar-refractivity contribution in [3.05, 3.63) is 24.3 Å². The zero-order valence-corrected chi connectivity index (χ0v) is 10.3. The van der Waals surface area contributed by atoms with Crippen LogP contribution in [0.1, 0.15) is 6.92 Å². The quantitative estimate of drug-likeness (QED) is 0.703. The molecule has 2 aromatic heterocycles. The minimum absolute atomic E-state index is 0.558. The molecule has 92 valence electrons. The molecule has 0 aliphatic heterocycles. The zero-order valence-electron chi connectivity index (χ0n) is 9.49. The van der Waals surface area contributed by atoms with Crippen molar-refractivity contribution in [1.82, 2.24) is 19.6 Å². The Bertz CT molecular complexity index is 733. The maximum Gasteiger partial charge on any atom is 0.316 e. The summed E-state index contributed by atoms with van der Waals surface area (Å²) < 4.78 is 1.83. The highest BCUT2D eigenvalue weighted by Crippen LogP contribution is 2.25. The first-order chi connectivity index (χ1) is 8.66. The topological polar surface area (TPSA) is 83.3 Å². The number of nitrogens with zero attached hydrogens (tertiary/aromatic N) is 3. The number of hydrogen-bond donors (Lipinski definition) is 2. The van der Waals surface area contributed by atoms with Crippen molar-refractivity contribution in [1.29, 1.82) is 0 Å². The number of rotatable bonds is 3. The van der Waals surface area contributed by atoms with E-state index in [0.29, 0.717) is 10.9 Å². The molecule has 6 nitrogen and oxygen atoms in total. The van der Waals surface area contributed by atoms with Gasteiger partial charge in [0.1, 0.15) is 5.25 Å². The van der Waals surface area contributed by atoms with Crippen LogP contribution in [0.5, 0.6) is 0 Å². The molecule has 0 radical (unpaired) electrons. The fourth-order valence-electron chi connectivity index (χ4n) is 1.73. The van der Waals surface area contributed by atoms with E-state index < -0.39 is 11.2 Å². The maximum absolute atomic E-state index is 10.9. The summed E-state index contributed by atoms with van der Waals surface area (Å²) >= 11 is 1.19. The standard InChI is InChI=1S/C11H10N4O2S/c1-6(9(16)17)18-11-14-13-10-12-7-4-2-3-5-8(7)15(10)11/h2-6H,1H3,(H,12,13)(H,16,17)/t6-/m1/s1. The smallest absolute Gasteiger partial charge is 0.316 e. The van der Waals surface area contributed by atoms with Gasteiger partial charge in [-0.3, -0.25) is 9.20 Å². The normalized spacial score (nSPS) is 13.2. The van der Waals surface area contributed by atoms with Gasteiger partial charge in [-0.2, -0.15) is 0 Å². The Morgan fingerprint density at radius 1 is 1.50 bits per heavy atom. The number of imidazole rings is 1. The zero-order chi connectivity index (χ0) is 12.7. The Hall–Kier alpha value is -2.02. The largest absolute Gasteiger partial charge is 0.480 e. The second kappa shape index (κ2) is 4.02. The second-order valence-corrected chi connectivity index (χ2v) is 5.17. The van der Waals surface area contributed by atoms with E-state index >= 15 is 0 Å². The lowest BCUT2D eigenvalue weighted by Gasteiger charge is -2.03. The number of fused-ring (bicyclic) bond motifs is 3. The van der Waals surface area contributed by atoms with Crippen molar-refractivity contribution in [2.75, 3.05) is 0 Å². The number of carboxylic acids is 1. The van der Waals surface area contributed by atoms with Gasteiger partial charge in [0.2, 0.25) is 5.78 Å². The number of para-hydroxylation sites is 2. The molecule has 0 saturated carbocycles. The van der Waals surface area contributed by atoms with E-state index in [-0.39, 0.29) is 0 Å². The molecule has 3 rings (SSSR count). The number of thioether (sulfide) groups is 1. The molecule has 0 bridgehead atoms. The molecule has 0 aliphatic carbocycles. The summed E-state index contributed by atoms with van der Waals surface area (Å²) in [6.45, 7) is 1.63. The molecule has 18 heavy (non-hydrogen) atoms. The summed E-state index contributed by atoms with van der Waals surface area (Å²) in [6.07, 6.45) is 0. The van der Waals surface area contributed by atoms with Gasteiger partial charge in [-0.1, -0.05) is 23.9 Å². The molecular weight excluding hydrogens is 252 g/mol. The summed E-state index contributed by atoms with van der Waals surface area (Å²) in [7, 11) is 0. The van der Waals surface area contributed by atoms with Crippen LogP contribution in [0.3, 0.4) is 0 Å². The van der Waals surface area contributed by atoms with Crippen LogP contribution in [0, 0.1) is 0 Å². The van der Waals surface area contributed by atoms with Crippen LogP contribution in [0.25, 0.3) is 16.8 Å². The molecule has 0 saturated heterocycles. The van der Waals surface area contributed by atoms with Gasteiger partial charge in [0.25, 0.3) is 0 Å². The van der Waals surface area contributed by atoms with Gasteiger partial charge >= 0.3 is 5.97 Å². The maximum atomic E-state index is 10.9. The molecule has 0 spiro atoms. The number of H-pyrrole nitrogens is 1. The monoisotopic (exact) mass is 262 g/mol. The van der Waals surface area contributed by atoms with Crippen LogP contribution in [-0.2, 0) is 4.79 Å². The van der Waals surface area contributed by atoms with E-state index in [4.69, 9.17) is 5.11 Å². The summed E-state index contributed by atoms with van der Waals surface area (Å²) in [5.74, 6) is -0.239. The van der Waals surface area contributed by atoms with Crippen molar-refractivity contribution in [2.24, 2.45) is 0 Å². The Labute approximate surface area is 106 Å². The highest BCUT2D eigenvalue weighted by atomic mass is 32.2. The summed E-state index contributed by atoms with van der Waals surface area (Å²) in [4.78, 5) is 15.3. The first kappa shape index (κ1) is 11.1. The average Bonchev–Trinajstić information content (AvgIpc) is 2.89. The van der Waals surface area contributed by atoms with Gasteiger partial charge in [0.05, 0.1) is 11.0 Å². The first-order valence-electron chi connectivity index (χ1n) is 5.38. The lowest BCUT2D eigenvalue weighted by Crippen LogP contribution is -2.11. The Kier molecular flexibility index (Phi) is 2.48. The lowest BCUT2D eigenvalue weighted by molar-refractivity contribution is -0.136. The molecule has 0 fully saturated rings. The Morgan fingerprint density at radius 3 is 3.06 bits per heavy atom. The molecule has 0 amide bonds. The van der Waals surface area contributed by atoms with Gasteiger partial charge in [-0.05, 0) is 19.1 Å². The highest BCUT2D eigenvalue weighted by Gasteiger charge is 2.18. The van der Waals surface area contributed by atoms with Crippen LogP contribution >= 0.6 is 11.8 Å². The molecule has 0 unspecified atom stereocenters. The molecule has 1 atom stereocenters. The van der Waals surface area contributed by atoms with E-state index in [1.165, 1.54) is 11.8 Å². The molecule has 3 aromatic rings. The SMILES string of the molecule is C[C@@H](Sc1n[nH]c2nc3ccccc3n12)C(=O)O. The number of nitrogens with one attached hydrogen (secondary N) is 1. The third kappa shape index (κ3) is 1.63. The number of aliphatic carboxylic acids is 1. The van der Waals surface area contributed by atoms with Crippen molar-refractivity contribution in [2.45, 2.75) is 17.3 Å². The van der Waals surface area contributed by atoms with E-state index in [0.717, 1.165) is 11.0 Å². The molecule has 1 aromatic carbocycles. The van der Waals surface area contributed by atoms with Crippen molar-refractivity contribution in [3.8, 4) is 0 Å². The first-order valence-corrected chi connectivity index (χ1v) is 6.26. The van der Waals surface area contributed by atoms with Crippen molar-refractivity contribution in [3.63, 3.8) is 0 Å². The van der Waals surface area contributed by atoms with E-state index in [9.17, 15) is 4.79 Å². The summed E-state index contributed by atoms with van der Waals surface area (Å²) in [5.41, 5.74) is 1.78. The van der Waals surface area contributed by atoms with Gasteiger partial charge in [-0.25, -0.2) is 10.1 Å². The van der Waals surface area contributed by atoms with Gasteiger partial charge in [-0.15, -0.1) is 5.10 Å². The van der Waals surface area contributed by atoms with Crippen LogP contribution in [0.4, 0.5) is 0 Å². The minimum Gasteiger partial charge on any atom is -0.480 e. The molecule has 2 N–H and O–H groups in total. The minimum atomic E-state index is -0.861. The number of aromatic nitrogens is 4. The fourth-order valence-corrected chi connectivity index (χ4v) is 2.54. The average molecular weight is 262 g/mol. The predicted molar refractivity (Wildman–Crippen MR) is 67.8 cm³/mol. The van der Waals surface area contributed by atoms with Crippen LogP contribution in [0.2, 0.25) is 0 Å². The van der Waals surface area contributed by atoms with Crippen LogP contribution in [0.15, 0.2) is 29.4 Å². The number of carboxylic acid groups (broad SMARTS) is 1. The lowest BCUT2D eigenvalue weighted by atomic mass is 10.3. The summed E-state index contributed by atoms with van der Waals surface area (Å²) in [6, 6.07) is 7.67. The predicted octanol–water partition coefficient (Wildman–Crippen LogP) is 1.78. The second-order valence-electron chi connectivity index (χ2n) is 3.86. The third-order valence-electron chi connectivity index (χ3n) is 2.63. The van der Waals surface area contributed by atoms with E-state index in [2.05, 4.69) is 15.2 Å². The Balaban J connectivity index is 2.15. The highest BCUT2D eigenvalue weighted by molar-refractivity contribution is 8.00. The van der Waals surface area contributed by atoms with Gasteiger partial charge < -0.3 is 5.11 Å². The van der Waals surface area contributed by atoms with Gasteiger partial charge in [0.15, 0.2) is 5.16 Å². The van der Waals surface area contributed by atoms with Gasteiger partial charge in [0, 0.05) is 0 Å². The van der Waals surface area contributed by atoms with Crippen LogP contribution in [-0.4, -0.2) is 35.9 Å². The molecular formula is C11H10N4O2S. The third-order valence-corrected chi connectivity index (χ3v) is 3.67. The number of aromatic amines is 1. The molecule has 0 aliphatic rings. The molecule has 7 heteroatoms. The van der Waals surface area contributed by atoms with E-state index in [1.807, 2.05) is 28.7 Å². The van der Waals surface area contributed by atoms with Crippen LogP contribution < -0.4 is 0 Å². The Morgan fingerprint density at radius 2 is 2.28 bits per heavy atom. The number of hydrogen-bond acceptors (Lipinski definition) is 4. The number of benzene rings is 1. The van der Waals surface area contributed by atoms with Crippen molar-refractivity contribution < 1.29 is 9.90 Å². The molecule has 2 heterocycles. The number of carbonyl (C=O) groups is 1.